The van der Waals surface area contributed by atoms with Crippen LogP contribution in [0.4, 0.5) is 24.8 Å². The average molecular weight is 382 g/mol. The molecule has 0 aliphatic carbocycles. The van der Waals surface area contributed by atoms with Crippen LogP contribution in [0.15, 0.2) is 29.4 Å². The van der Waals surface area contributed by atoms with E-state index in [1.165, 1.54) is 12.1 Å². The molecule has 1 aliphatic rings. The number of halogens is 3. The molecule has 12 heteroatoms. The molecule has 2 N–H and O–H groups in total. The lowest BCUT2D eigenvalue weighted by atomic mass is 10.1. The van der Waals surface area contributed by atoms with Crippen LogP contribution in [0.25, 0.3) is 0 Å². The number of amides is 1. The van der Waals surface area contributed by atoms with Gasteiger partial charge in [-0.15, -0.1) is 5.10 Å². The highest BCUT2D eigenvalue weighted by Gasteiger charge is 2.30. The topological polar surface area (TPSA) is 102 Å². The molecule has 1 saturated heterocycles. The molecule has 0 saturated carbocycles. The first-order chi connectivity index (χ1) is 12.8. The van der Waals surface area contributed by atoms with Gasteiger partial charge in [-0.25, -0.2) is 5.43 Å². The number of hydrazone groups is 1. The second kappa shape index (κ2) is 7.60. The van der Waals surface area contributed by atoms with Gasteiger partial charge in [0.05, 0.1) is 5.56 Å². The summed E-state index contributed by atoms with van der Waals surface area (Å²) < 4.78 is 37.9. The summed E-state index contributed by atoms with van der Waals surface area (Å²) in [7, 11) is 0. The van der Waals surface area contributed by atoms with Gasteiger partial charge in [0.25, 0.3) is 11.9 Å². The van der Waals surface area contributed by atoms with E-state index in [0.717, 1.165) is 12.1 Å². The van der Waals surface area contributed by atoms with Crippen molar-refractivity contribution in [3.63, 3.8) is 0 Å². The highest BCUT2D eigenvalue weighted by Crippen LogP contribution is 2.30. The van der Waals surface area contributed by atoms with Crippen LogP contribution in [-0.4, -0.2) is 63.3 Å². The monoisotopic (exact) mass is 382 g/mol. The summed E-state index contributed by atoms with van der Waals surface area (Å²) in [6.07, 6.45) is -4.35. The Kier molecular flexibility index (Phi) is 5.23. The summed E-state index contributed by atoms with van der Waals surface area (Å²) in [5.74, 6) is -0.0904. The molecule has 1 aromatic carbocycles. The van der Waals surface area contributed by atoms with Gasteiger partial charge < -0.3 is 9.80 Å². The van der Waals surface area contributed by atoms with Gasteiger partial charge in [-0.05, 0) is 36.4 Å². The predicted octanol–water partition coefficient (Wildman–Crippen LogP) is 1.36. The van der Waals surface area contributed by atoms with Crippen molar-refractivity contribution in [3.05, 3.63) is 29.8 Å². The number of aromatic nitrogens is 4. The highest BCUT2D eigenvalue weighted by molar-refractivity contribution is 6.37. The second-order valence-electron chi connectivity index (χ2n) is 5.87. The molecule has 9 nitrogen and oxygen atoms in total. The zero-order valence-electron chi connectivity index (χ0n) is 14.4. The number of rotatable bonds is 4. The molecule has 0 bridgehead atoms. The number of piperazine rings is 1. The largest absolute Gasteiger partial charge is 0.416 e. The van der Waals surface area contributed by atoms with Crippen LogP contribution in [0, 0.1) is 0 Å². The lowest BCUT2D eigenvalue weighted by Crippen LogP contribution is -2.50. The Morgan fingerprint density at radius 1 is 1.19 bits per heavy atom. The van der Waals surface area contributed by atoms with Gasteiger partial charge in [0, 0.05) is 31.9 Å². The number of alkyl halides is 3. The van der Waals surface area contributed by atoms with Crippen LogP contribution in [0.5, 0.6) is 0 Å². The Morgan fingerprint density at radius 3 is 2.41 bits per heavy atom. The summed E-state index contributed by atoms with van der Waals surface area (Å²) in [4.78, 5) is 16.0. The second-order valence-corrected chi connectivity index (χ2v) is 5.87. The van der Waals surface area contributed by atoms with Crippen molar-refractivity contribution in [2.45, 2.75) is 13.1 Å². The Hall–Kier alpha value is -3.18. The Morgan fingerprint density at radius 2 is 1.85 bits per heavy atom. The van der Waals surface area contributed by atoms with Gasteiger partial charge in [-0.1, -0.05) is 5.10 Å². The quantitative estimate of drug-likeness (QED) is 0.611. The van der Waals surface area contributed by atoms with Crippen molar-refractivity contribution in [1.82, 2.24) is 25.5 Å². The van der Waals surface area contributed by atoms with E-state index in [1.54, 1.807) is 11.8 Å². The predicted molar refractivity (Wildman–Crippen MR) is 91.1 cm³/mol. The third kappa shape index (κ3) is 4.51. The molecule has 0 unspecified atom stereocenters. The van der Waals surface area contributed by atoms with Gasteiger partial charge in [-0.3, -0.25) is 4.79 Å². The molecular weight excluding hydrogens is 365 g/mol. The number of carbonyl (C=O) groups excluding carboxylic acids is 1. The molecule has 144 valence electrons. The number of nitrogens with one attached hydrogen (secondary N) is 2. The Labute approximate surface area is 152 Å². The molecule has 27 heavy (non-hydrogen) atoms. The van der Waals surface area contributed by atoms with Crippen molar-refractivity contribution < 1.29 is 18.0 Å². The molecule has 1 aliphatic heterocycles. The highest BCUT2D eigenvalue weighted by atomic mass is 19.4. The minimum atomic E-state index is -4.35. The van der Waals surface area contributed by atoms with Crippen molar-refractivity contribution in [1.29, 1.82) is 0 Å². The number of hydrogen-bond acceptors (Lipinski definition) is 7. The fourth-order valence-corrected chi connectivity index (χ4v) is 2.65. The van der Waals surface area contributed by atoms with E-state index in [1.807, 2.05) is 4.90 Å². The first-order valence-electron chi connectivity index (χ1n) is 8.10. The summed E-state index contributed by atoms with van der Waals surface area (Å²) >= 11 is 0. The first kappa shape index (κ1) is 18.6. The van der Waals surface area contributed by atoms with Gasteiger partial charge in [0.15, 0.2) is 0 Å². The van der Waals surface area contributed by atoms with E-state index in [9.17, 15) is 18.0 Å². The van der Waals surface area contributed by atoms with Gasteiger partial charge in [-0.2, -0.15) is 23.5 Å². The van der Waals surface area contributed by atoms with Gasteiger partial charge >= 0.3 is 6.18 Å². The van der Waals surface area contributed by atoms with Crippen LogP contribution in [0.1, 0.15) is 12.5 Å². The SMILES string of the molecule is CC(=NNc1nn[nH]n1)C(=O)N1CCN(c2ccc(C(F)(F)F)cc2)CC1. The lowest BCUT2D eigenvalue weighted by molar-refractivity contribution is -0.137. The fourth-order valence-electron chi connectivity index (χ4n) is 2.65. The van der Waals surface area contributed by atoms with Gasteiger partial charge in [0.1, 0.15) is 5.71 Å². The minimum absolute atomic E-state index is 0.147. The number of carbonyl (C=O) groups is 1. The number of anilines is 2. The molecule has 0 radical (unpaired) electrons. The zero-order chi connectivity index (χ0) is 19.4. The number of H-pyrrole nitrogens is 1. The molecule has 0 spiro atoms. The van der Waals surface area contributed by atoms with Crippen molar-refractivity contribution in [2.24, 2.45) is 5.10 Å². The van der Waals surface area contributed by atoms with Crippen LogP contribution in [-0.2, 0) is 11.0 Å². The third-order valence-electron chi connectivity index (χ3n) is 4.11. The van der Waals surface area contributed by atoms with Crippen molar-refractivity contribution >= 4 is 23.3 Å². The molecular formula is C15H17F3N8O. The van der Waals surface area contributed by atoms with Crippen LogP contribution >= 0.6 is 0 Å². The number of hydrogen-bond donors (Lipinski definition) is 2. The number of tetrazole rings is 1. The summed E-state index contributed by atoms with van der Waals surface area (Å²) in [5, 5.41) is 16.8. The maximum Gasteiger partial charge on any atom is 0.416 e. The van der Waals surface area contributed by atoms with Crippen LogP contribution in [0.2, 0.25) is 0 Å². The maximum atomic E-state index is 12.6. The molecule has 3 rings (SSSR count). The third-order valence-corrected chi connectivity index (χ3v) is 4.11. The molecule has 1 aromatic heterocycles. The molecule has 1 amide bonds. The van der Waals surface area contributed by atoms with E-state index in [2.05, 4.69) is 31.2 Å². The van der Waals surface area contributed by atoms with Crippen molar-refractivity contribution in [3.8, 4) is 0 Å². The van der Waals surface area contributed by atoms with Crippen LogP contribution < -0.4 is 10.3 Å². The van der Waals surface area contributed by atoms with Crippen molar-refractivity contribution in [2.75, 3.05) is 36.5 Å². The van der Waals surface area contributed by atoms with E-state index >= 15 is 0 Å². The smallest absolute Gasteiger partial charge is 0.368 e. The summed E-state index contributed by atoms with van der Waals surface area (Å²) in [6.45, 7) is 3.48. The van der Waals surface area contributed by atoms with Crippen LogP contribution in [0.3, 0.4) is 0 Å². The number of aromatic amines is 1. The van der Waals surface area contributed by atoms with E-state index < -0.39 is 11.7 Å². The average Bonchev–Trinajstić information content (AvgIpc) is 3.19. The molecule has 0 atom stereocenters. The van der Waals surface area contributed by atoms with E-state index in [-0.39, 0.29) is 17.6 Å². The summed E-state index contributed by atoms with van der Waals surface area (Å²) in [6, 6.07) is 5.02. The van der Waals surface area contributed by atoms with E-state index in [0.29, 0.717) is 31.9 Å². The minimum Gasteiger partial charge on any atom is -0.368 e. The molecule has 1 fully saturated rings. The zero-order valence-corrected chi connectivity index (χ0v) is 14.4. The maximum absolute atomic E-state index is 12.6. The number of nitrogens with zero attached hydrogens (tertiary/aromatic N) is 6. The standard InChI is InChI=1S/C15H17F3N8O/c1-10(19-20-14-21-23-24-22-14)13(27)26-8-6-25(7-9-26)12-4-2-11(3-5-12)15(16,17)18/h2-5H,6-9H2,1H3,(H2,20,21,22,23,24). The summed E-state index contributed by atoms with van der Waals surface area (Å²) in [5.41, 5.74) is 2.77. The Balaban J connectivity index is 1.55. The Bertz CT molecular complexity index is 795. The fraction of sp³-hybridized carbons (Fsp3) is 0.400. The van der Waals surface area contributed by atoms with E-state index in [4.69, 9.17) is 0 Å². The molecule has 2 aromatic rings. The number of benzene rings is 1. The normalized spacial score (nSPS) is 15.8. The van der Waals surface area contributed by atoms with Gasteiger partial charge in [0.2, 0.25) is 0 Å². The first-order valence-corrected chi connectivity index (χ1v) is 8.10. The lowest BCUT2D eigenvalue weighted by Gasteiger charge is -2.36. The molecule has 2 heterocycles.